The van der Waals surface area contributed by atoms with Crippen LogP contribution in [-0.2, 0) is 9.59 Å². The Labute approximate surface area is 150 Å². The fourth-order valence-electron chi connectivity index (χ4n) is 1.88. The minimum absolute atomic E-state index is 0. The molecule has 0 spiro atoms. The molecule has 0 radical (unpaired) electrons. The topological polar surface area (TPSA) is 106 Å². The molecule has 0 aliphatic rings. The zero-order chi connectivity index (χ0) is 16.8. The monoisotopic (exact) mass is 370 g/mol. The van der Waals surface area contributed by atoms with E-state index in [-0.39, 0.29) is 37.3 Å². The fourth-order valence-corrected chi connectivity index (χ4v) is 2.73. The summed E-state index contributed by atoms with van der Waals surface area (Å²) < 4.78 is 5.13. The molecule has 1 aromatic heterocycles. The van der Waals surface area contributed by atoms with E-state index in [4.69, 9.17) is 10.5 Å². The molecule has 1 heterocycles. The van der Waals surface area contributed by atoms with Crippen LogP contribution in [0.25, 0.3) is 11.3 Å². The molecule has 4 N–H and O–H groups in total. The first-order valence-corrected chi connectivity index (χ1v) is 7.73. The predicted octanol–water partition coefficient (Wildman–Crippen LogP) is 1.56. The van der Waals surface area contributed by atoms with Gasteiger partial charge in [0, 0.05) is 10.4 Å². The highest BCUT2D eigenvalue weighted by molar-refractivity contribution is 7.16. The van der Waals surface area contributed by atoms with Crippen LogP contribution in [0, 0.1) is 6.92 Å². The minimum atomic E-state index is -0.380. The molecular weight excluding hydrogens is 352 g/mol. The van der Waals surface area contributed by atoms with Crippen LogP contribution in [-0.4, -0.2) is 37.0 Å². The number of methoxy groups -OCH3 is 1. The van der Waals surface area contributed by atoms with Crippen molar-refractivity contribution < 1.29 is 14.3 Å². The normalized spacial score (nSPS) is 9.79. The van der Waals surface area contributed by atoms with Crippen molar-refractivity contribution in [3.63, 3.8) is 0 Å². The zero-order valence-corrected chi connectivity index (χ0v) is 14.9. The highest BCUT2D eigenvalue weighted by Gasteiger charge is 2.12. The SMILES string of the molecule is COc1ccc(-c2nc(NC(=O)CNC(=O)CN)sc2C)cc1.Cl. The van der Waals surface area contributed by atoms with Crippen LogP contribution in [0.15, 0.2) is 24.3 Å². The summed E-state index contributed by atoms with van der Waals surface area (Å²) in [5.41, 5.74) is 6.90. The van der Waals surface area contributed by atoms with Crippen molar-refractivity contribution in [2.24, 2.45) is 5.73 Å². The summed E-state index contributed by atoms with van der Waals surface area (Å²) >= 11 is 1.38. The Balaban J connectivity index is 0.00000288. The molecule has 130 valence electrons. The number of nitrogens with zero attached hydrogens (tertiary/aromatic N) is 1. The summed E-state index contributed by atoms with van der Waals surface area (Å²) in [4.78, 5) is 28.2. The molecule has 0 fully saturated rings. The van der Waals surface area contributed by atoms with Gasteiger partial charge in [0.2, 0.25) is 11.8 Å². The van der Waals surface area contributed by atoms with Crippen molar-refractivity contribution >= 4 is 40.7 Å². The van der Waals surface area contributed by atoms with Crippen molar-refractivity contribution in [1.29, 1.82) is 0 Å². The van der Waals surface area contributed by atoms with Crippen LogP contribution in [0.2, 0.25) is 0 Å². The smallest absolute Gasteiger partial charge is 0.245 e. The van der Waals surface area contributed by atoms with Gasteiger partial charge in [-0.2, -0.15) is 0 Å². The Morgan fingerprint density at radius 1 is 1.25 bits per heavy atom. The number of carbonyl (C=O) groups excluding carboxylic acids is 2. The van der Waals surface area contributed by atoms with E-state index < -0.39 is 0 Å². The molecule has 0 bridgehead atoms. The molecule has 24 heavy (non-hydrogen) atoms. The molecule has 2 amide bonds. The van der Waals surface area contributed by atoms with Gasteiger partial charge in [0.15, 0.2) is 5.13 Å². The third-order valence-electron chi connectivity index (χ3n) is 3.04. The molecule has 9 heteroatoms. The second kappa shape index (κ2) is 9.21. The molecule has 2 aromatic rings. The van der Waals surface area contributed by atoms with E-state index in [2.05, 4.69) is 15.6 Å². The number of halogens is 1. The van der Waals surface area contributed by atoms with Crippen LogP contribution >= 0.6 is 23.7 Å². The van der Waals surface area contributed by atoms with Gasteiger partial charge in [0.1, 0.15) is 5.75 Å². The van der Waals surface area contributed by atoms with Crippen LogP contribution < -0.4 is 21.1 Å². The lowest BCUT2D eigenvalue weighted by molar-refractivity contribution is -0.123. The number of carbonyl (C=O) groups is 2. The number of hydrogen-bond donors (Lipinski definition) is 3. The highest BCUT2D eigenvalue weighted by Crippen LogP contribution is 2.31. The zero-order valence-electron chi connectivity index (χ0n) is 13.3. The molecular formula is C15H19ClN4O3S. The molecule has 0 aliphatic heterocycles. The molecule has 0 unspecified atom stereocenters. The van der Waals surface area contributed by atoms with E-state index in [0.717, 1.165) is 21.9 Å². The lowest BCUT2D eigenvalue weighted by atomic mass is 10.1. The third-order valence-corrected chi connectivity index (χ3v) is 3.92. The Bertz CT molecular complexity index is 703. The lowest BCUT2D eigenvalue weighted by Crippen LogP contribution is -2.36. The number of aromatic nitrogens is 1. The number of benzene rings is 1. The molecule has 0 aliphatic carbocycles. The standard InChI is InChI=1S/C15H18N4O3S.ClH/c1-9-14(10-3-5-11(22-2)6-4-10)19-15(23-9)18-13(21)8-17-12(20)7-16;/h3-6H,7-8,16H2,1-2H3,(H,17,20)(H,18,19,21);1H. The summed E-state index contributed by atoms with van der Waals surface area (Å²) in [7, 11) is 1.61. The van der Waals surface area contributed by atoms with E-state index in [1.807, 2.05) is 31.2 Å². The van der Waals surface area contributed by atoms with E-state index in [0.29, 0.717) is 5.13 Å². The average molecular weight is 371 g/mol. The van der Waals surface area contributed by atoms with Crippen molar-refractivity contribution in [2.45, 2.75) is 6.92 Å². The van der Waals surface area contributed by atoms with Crippen molar-refractivity contribution in [3.05, 3.63) is 29.1 Å². The third kappa shape index (κ3) is 5.19. The number of anilines is 1. The van der Waals surface area contributed by atoms with Gasteiger partial charge in [-0.25, -0.2) is 4.98 Å². The van der Waals surface area contributed by atoms with Gasteiger partial charge < -0.3 is 21.1 Å². The predicted molar refractivity (Wildman–Crippen MR) is 96.8 cm³/mol. The second-order valence-electron chi connectivity index (χ2n) is 4.68. The summed E-state index contributed by atoms with van der Waals surface area (Å²) in [5, 5.41) is 5.55. The summed E-state index contributed by atoms with van der Waals surface area (Å²) in [6.45, 7) is 1.65. The first-order valence-electron chi connectivity index (χ1n) is 6.92. The average Bonchev–Trinajstić information content (AvgIpc) is 2.92. The van der Waals surface area contributed by atoms with Gasteiger partial charge in [-0.15, -0.1) is 23.7 Å². The first-order chi connectivity index (χ1) is 11.0. The maximum Gasteiger partial charge on any atom is 0.245 e. The van der Waals surface area contributed by atoms with E-state index in [1.54, 1.807) is 7.11 Å². The summed E-state index contributed by atoms with van der Waals surface area (Å²) in [5.74, 6) is 0.0435. The summed E-state index contributed by atoms with van der Waals surface area (Å²) in [6, 6.07) is 7.53. The Morgan fingerprint density at radius 3 is 2.50 bits per heavy atom. The first kappa shape index (κ1) is 19.9. The molecule has 2 rings (SSSR count). The number of amides is 2. The maximum atomic E-state index is 11.8. The Kier molecular flexibility index (Phi) is 7.63. The lowest BCUT2D eigenvalue weighted by Gasteiger charge is -2.03. The van der Waals surface area contributed by atoms with Crippen molar-refractivity contribution in [2.75, 3.05) is 25.5 Å². The molecule has 1 aromatic carbocycles. The molecule has 0 atom stereocenters. The van der Waals surface area contributed by atoms with Gasteiger partial charge >= 0.3 is 0 Å². The largest absolute Gasteiger partial charge is 0.497 e. The van der Waals surface area contributed by atoms with Crippen LogP contribution in [0.3, 0.4) is 0 Å². The van der Waals surface area contributed by atoms with Crippen LogP contribution in [0.5, 0.6) is 5.75 Å². The molecule has 0 saturated heterocycles. The number of hydrogen-bond acceptors (Lipinski definition) is 6. The molecule has 7 nitrogen and oxygen atoms in total. The Morgan fingerprint density at radius 2 is 1.92 bits per heavy atom. The van der Waals surface area contributed by atoms with Gasteiger partial charge in [0.25, 0.3) is 0 Å². The highest BCUT2D eigenvalue weighted by atomic mass is 35.5. The number of thiazole rings is 1. The molecule has 0 saturated carbocycles. The summed E-state index contributed by atoms with van der Waals surface area (Å²) in [6.07, 6.45) is 0. The number of nitrogens with one attached hydrogen (secondary N) is 2. The van der Waals surface area contributed by atoms with Crippen molar-refractivity contribution in [1.82, 2.24) is 10.3 Å². The number of nitrogens with two attached hydrogens (primary N) is 1. The number of ether oxygens (including phenoxy) is 1. The van der Waals surface area contributed by atoms with Gasteiger partial charge in [-0.05, 0) is 31.2 Å². The van der Waals surface area contributed by atoms with Gasteiger partial charge in [-0.3, -0.25) is 9.59 Å². The van der Waals surface area contributed by atoms with Gasteiger partial charge in [-0.1, -0.05) is 0 Å². The Hall–Kier alpha value is -2.16. The number of aryl methyl sites for hydroxylation is 1. The van der Waals surface area contributed by atoms with Crippen LogP contribution in [0.4, 0.5) is 5.13 Å². The van der Waals surface area contributed by atoms with Crippen LogP contribution in [0.1, 0.15) is 4.88 Å². The maximum absolute atomic E-state index is 11.8. The van der Waals surface area contributed by atoms with E-state index >= 15 is 0 Å². The van der Waals surface area contributed by atoms with Crippen molar-refractivity contribution in [3.8, 4) is 17.0 Å². The van der Waals surface area contributed by atoms with E-state index in [9.17, 15) is 9.59 Å². The minimum Gasteiger partial charge on any atom is -0.497 e. The fraction of sp³-hybridized carbons (Fsp3) is 0.267. The van der Waals surface area contributed by atoms with Gasteiger partial charge in [0.05, 0.1) is 25.9 Å². The number of rotatable bonds is 6. The van der Waals surface area contributed by atoms with E-state index in [1.165, 1.54) is 11.3 Å². The quantitative estimate of drug-likeness (QED) is 0.715. The second-order valence-corrected chi connectivity index (χ2v) is 5.88.